The molecule has 0 unspecified atom stereocenters. The average molecular weight is 262 g/mol. The van der Waals surface area contributed by atoms with E-state index in [0.717, 1.165) is 5.56 Å². The molecule has 0 fully saturated rings. The van der Waals surface area contributed by atoms with Gasteiger partial charge in [0.05, 0.1) is 6.42 Å². The number of anilines is 1. The maximum absolute atomic E-state index is 11.6. The van der Waals surface area contributed by atoms with Crippen molar-refractivity contribution in [2.45, 2.75) is 19.9 Å². The third-order valence-corrected chi connectivity index (χ3v) is 2.38. The Morgan fingerprint density at radius 3 is 2.47 bits per heavy atom. The first-order valence-corrected chi connectivity index (χ1v) is 5.94. The van der Waals surface area contributed by atoms with Gasteiger partial charge in [-0.15, -0.1) is 0 Å². The van der Waals surface area contributed by atoms with Crippen molar-refractivity contribution in [1.29, 1.82) is 0 Å². The van der Waals surface area contributed by atoms with Crippen LogP contribution in [0, 0.1) is 0 Å². The summed E-state index contributed by atoms with van der Waals surface area (Å²) >= 11 is 0. The Bertz CT molecular complexity index is 466. The molecule has 1 amide bonds. The number of ether oxygens (including phenoxy) is 1. The monoisotopic (exact) mass is 262 g/mol. The number of hydrogen-bond donors (Lipinski definition) is 2. The largest absolute Gasteiger partial charge is 0.462 e. The van der Waals surface area contributed by atoms with Crippen molar-refractivity contribution in [2.24, 2.45) is 5.73 Å². The fourth-order valence-corrected chi connectivity index (χ4v) is 1.31. The molecule has 0 aliphatic rings. The number of nitrogens with two attached hydrogens (primary N) is 1. The number of rotatable bonds is 6. The molecule has 0 heterocycles. The Kier molecular flexibility index (Phi) is 5.75. The molecule has 19 heavy (non-hydrogen) atoms. The summed E-state index contributed by atoms with van der Waals surface area (Å²) in [6.45, 7) is 5.51. The summed E-state index contributed by atoms with van der Waals surface area (Å²) in [6, 6.07) is 7.24. The molecule has 0 aliphatic heterocycles. The number of nitrogens with one attached hydrogen (secondary N) is 1. The van der Waals surface area contributed by atoms with Crippen LogP contribution in [0.4, 0.5) is 5.69 Å². The lowest BCUT2D eigenvalue weighted by Gasteiger charge is -2.07. The predicted octanol–water partition coefficient (Wildman–Crippen LogP) is 1.59. The lowest BCUT2D eigenvalue weighted by atomic mass is 10.2. The summed E-state index contributed by atoms with van der Waals surface area (Å²) in [5, 5.41) is 2.70. The van der Waals surface area contributed by atoms with Crippen molar-refractivity contribution in [1.82, 2.24) is 0 Å². The second kappa shape index (κ2) is 7.33. The smallest absolute Gasteiger partial charge is 0.333 e. The van der Waals surface area contributed by atoms with Gasteiger partial charge in [-0.1, -0.05) is 18.7 Å². The minimum absolute atomic E-state index is 0.0401. The Hall–Kier alpha value is -2.14. The van der Waals surface area contributed by atoms with Crippen LogP contribution in [0.2, 0.25) is 0 Å². The first kappa shape index (κ1) is 14.9. The van der Waals surface area contributed by atoms with Crippen molar-refractivity contribution < 1.29 is 14.3 Å². The van der Waals surface area contributed by atoms with E-state index < -0.39 is 5.97 Å². The van der Waals surface area contributed by atoms with E-state index in [-0.39, 0.29) is 18.9 Å². The Morgan fingerprint density at radius 2 is 1.95 bits per heavy atom. The van der Waals surface area contributed by atoms with Crippen LogP contribution in [0.1, 0.15) is 18.9 Å². The highest BCUT2D eigenvalue weighted by Gasteiger charge is 2.06. The molecule has 1 aromatic carbocycles. The SMILES string of the molecule is C=C(C)C(=O)OCCC(=O)Nc1ccc(CN)cc1. The molecule has 5 nitrogen and oxygen atoms in total. The molecule has 1 aromatic rings. The number of hydrogen-bond acceptors (Lipinski definition) is 4. The standard InChI is InChI=1S/C14H18N2O3/c1-10(2)14(18)19-8-7-13(17)16-12-5-3-11(9-15)4-6-12/h3-6H,1,7-9,15H2,2H3,(H,16,17). The summed E-state index contributed by atoms with van der Waals surface area (Å²) in [5.41, 5.74) is 7.48. The van der Waals surface area contributed by atoms with E-state index in [0.29, 0.717) is 17.8 Å². The fraction of sp³-hybridized carbons (Fsp3) is 0.286. The van der Waals surface area contributed by atoms with Crippen molar-refractivity contribution in [3.05, 3.63) is 42.0 Å². The van der Waals surface area contributed by atoms with Gasteiger partial charge >= 0.3 is 5.97 Å². The van der Waals surface area contributed by atoms with E-state index in [2.05, 4.69) is 11.9 Å². The zero-order valence-electron chi connectivity index (χ0n) is 10.9. The molecule has 5 heteroatoms. The van der Waals surface area contributed by atoms with Gasteiger partial charge < -0.3 is 15.8 Å². The Balaban J connectivity index is 2.34. The quantitative estimate of drug-likeness (QED) is 0.602. The second-order valence-corrected chi connectivity index (χ2v) is 4.12. The van der Waals surface area contributed by atoms with Crippen LogP contribution in [-0.4, -0.2) is 18.5 Å². The van der Waals surface area contributed by atoms with Gasteiger partial charge in [-0.3, -0.25) is 4.79 Å². The molecule has 0 aromatic heterocycles. The molecule has 102 valence electrons. The summed E-state index contributed by atoms with van der Waals surface area (Å²) < 4.78 is 4.83. The molecule has 0 spiro atoms. The first-order chi connectivity index (χ1) is 9.02. The zero-order chi connectivity index (χ0) is 14.3. The number of carbonyl (C=O) groups is 2. The van der Waals surface area contributed by atoms with Gasteiger partial charge in [-0.05, 0) is 24.6 Å². The van der Waals surface area contributed by atoms with Gasteiger partial charge in [0.25, 0.3) is 0 Å². The number of esters is 1. The van der Waals surface area contributed by atoms with Gasteiger partial charge in [0.1, 0.15) is 6.61 Å². The third kappa shape index (κ3) is 5.35. The molecule has 0 atom stereocenters. The van der Waals surface area contributed by atoms with Crippen molar-refractivity contribution in [3.8, 4) is 0 Å². The summed E-state index contributed by atoms with van der Waals surface area (Å²) in [4.78, 5) is 22.7. The molecular formula is C14H18N2O3. The summed E-state index contributed by atoms with van der Waals surface area (Å²) in [7, 11) is 0. The van der Waals surface area contributed by atoms with Gasteiger partial charge in [-0.2, -0.15) is 0 Å². The minimum atomic E-state index is -0.486. The maximum atomic E-state index is 11.6. The van der Waals surface area contributed by atoms with E-state index in [1.807, 2.05) is 12.1 Å². The van der Waals surface area contributed by atoms with Gasteiger partial charge in [0, 0.05) is 17.8 Å². The van der Waals surface area contributed by atoms with Crippen LogP contribution in [-0.2, 0) is 20.9 Å². The normalized spacial score (nSPS) is 9.79. The summed E-state index contributed by atoms with van der Waals surface area (Å²) in [5.74, 6) is -0.699. The number of amides is 1. The van der Waals surface area contributed by atoms with Crippen molar-refractivity contribution >= 4 is 17.6 Å². The second-order valence-electron chi connectivity index (χ2n) is 4.12. The lowest BCUT2D eigenvalue weighted by molar-refractivity contribution is -0.139. The average Bonchev–Trinajstić information content (AvgIpc) is 2.39. The van der Waals surface area contributed by atoms with Crippen LogP contribution in [0.5, 0.6) is 0 Å². The van der Waals surface area contributed by atoms with Gasteiger partial charge in [0.15, 0.2) is 0 Å². The van der Waals surface area contributed by atoms with Crippen LogP contribution in [0.15, 0.2) is 36.4 Å². The van der Waals surface area contributed by atoms with E-state index >= 15 is 0 Å². The molecular weight excluding hydrogens is 244 g/mol. The van der Waals surface area contributed by atoms with E-state index in [4.69, 9.17) is 10.5 Å². The van der Waals surface area contributed by atoms with Crippen molar-refractivity contribution in [3.63, 3.8) is 0 Å². The minimum Gasteiger partial charge on any atom is -0.462 e. The molecule has 0 bridgehead atoms. The van der Waals surface area contributed by atoms with E-state index in [1.54, 1.807) is 19.1 Å². The zero-order valence-corrected chi connectivity index (χ0v) is 10.9. The highest BCUT2D eigenvalue weighted by Crippen LogP contribution is 2.09. The fourth-order valence-electron chi connectivity index (χ4n) is 1.31. The van der Waals surface area contributed by atoms with E-state index in [9.17, 15) is 9.59 Å². The van der Waals surface area contributed by atoms with Crippen LogP contribution in [0.3, 0.4) is 0 Å². The highest BCUT2D eigenvalue weighted by molar-refractivity contribution is 5.91. The van der Waals surface area contributed by atoms with E-state index in [1.165, 1.54) is 0 Å². The van der Waals surface area contributed by atoms with Gasteiger partial charge in [-0.25, -0.2) is 4.79 Å². The van der Waals surface area contributed by atoms with Crippen molar-refractivity contribution in [2.75, 3.05) is 11.9 Å². The van der Waals surface area contributed by atoms with Crippen LogP contribution < -0.4 is 11.1 Å². The molecule has 1 rings (SSSR count). The summed E-state index contributed by atoms with van der Waals surface area (Å²) in [6.07, 6.45) is 0.109. The molecule has 0 saturated heterocycles. The van der Waals surface area contributed by atoms with Gasteiger partial charge in [0.2, 0.25) is 5.91 Å². The lowest BCUT2D eigenvalue weighted by Crippen LogP contribution is -2.16. The first-order valence-electron chi connectivity index (χ1n) is 5.94. The van der Waals surface area contributed by atoms with Crippen LogP contribution >= 0.6 is 0 Å². The highest BCUT2D eigenvalue weighted by atomic mass is 16.5. The molecule has 3 N–H and O–H groups in total. The molecule has 0 radical (unpaired) electrons. The third-order valence-electron chi connectivity index (χ3n) is 2.38. The molecule has 0 aliphatic carbocycles. The maximum Gasteiger partial charge on any atom is 0.333 e. The number of benzene rings is 1. The number of carbonyl (C=O) groups excluding carboxylic acids is 2. The predicted molar refractivity (Wildman–Crippen MR) is 73.4 cm³/mol. The topological polar surface area (TPSA) is 81.4 Å². The van der Waals surface area contributed by atoms with Crippen LogP contribution in [0.25, 0.3) is 0 Å². The Morgan fingerprint density at radius 1 is 1.32 bits per heavy atom. The Labute approximate surface area is 112 Å². The molecule has 0 saturated carbocycles.